The first-order valence-corrected chi connectivity index (χ1v) is 13.6. The molecule has 0 bridgehead atoms. The maximum absolute atomic E-state index is 11.6. The van der Waals surface area contributed by atoms with Gasteiger partial charge in [-0.2, -0.15) is 4.98 Å². The molecule has 0 N–H and O–H groups in total. The zero-order valence-electron chi connectivity index (χ0n) is 22.9. The van der Waals surface area contributed by atoms with E-state index in [9.17, 15) is 9.59 Å². The van der Waals surface area contributed by atoms with Crippen LogP contribution in [0.3, 0.4) is 0 Å². The lowest BCUT2D eigenvalue weighted by Crippen LogP contribution is -2.07. The first kappa shape index (κ1) is 28.5. The average Bonchev–Trinajstić information content (AvgIpc) is 2.98. The van der Waals surface area contributed by atoms with Crippen LogP contribution >= 0.6 is 0 Å². The van der Waals surface area contributed by atoms with E-state index in [2.05, 4.69) is 4.98 Å². The number of hydrogen-bond acceptors (Lipinski definition) is 8. The zero-order chi connectivity index (χ0) is 28.2. The normalized spacial score (nSPS) is 10.8. The van der Waals surface area contributed by atoms with Crippen molar-refractivity contribution in [1.82, 2.24) is 9.97 Å². The summed E-state index contributed by atoms with van der Waals surface area (Å²) in [6.45, 7) is 5.11. The minimum Gasteiger partial charge on any atom is -0.494 e. The molecule has 0 amide bonds. The molecule has 0 unspecified atom stereocenters. The summed E-state index contributed by atoms with van der Waals surface area (Å²) in [7, 11) is 0. The summed E-state index contributed by atoms with van der Waals surface area (Å²) in [5.74, 6) is 1.29. The molecule has 8 heteroatoms. The Morgan fingerprint density at radius 3 is 2.02 bits per heavy atom. The molecule has 8 nitrogen and oxygen atoms in total. The van der Waals surface area contributed by atoms with Gasteiger partial charge in [-0.05, 0) is 55.7 Å². The van der Waals surface area contributed by atoms with Gasteiger partial charge >= 0.3 is 11.9 Å². The number of hydrogen-bond donors (Lipinski definition) is 0. The second-order valence-electron chi connectivity index (χ2n) is 9.02. The van der Waals surface area contributed by atoms with E-state index >= 15 is 0 Å². The number of benzene rings is 3. The Hall–Kier alpha value is -4.46. The minimum absolute atomic E-state index is 0.207. The van der Waals surface area contributed by atoms with Crippen LogP contribution in [-0.2, 0) is 19.1 Å². The molecule has 0 saturated carbocycles. The van der Waals surface area contributed by atoms with E-state index in [1.165, 1.54) is 0 Å². The summed E-state index contributed by atoms with van der Waals surface area (Å²) in [5.41, 5.74) is 2.55. The molecule has 0 radical (unpaired) electrons. The average molecular weight is 543 g/mol. The third-order valence-corrected chi connectivity index (χ3v) is 6.02. The summed E-state index contributed by atoms with van der Waals surface area (Å²) >= 11 is 0. The summed E-state index contributed by atoms with van der Waals surface area (Å²) in [4.78, 5) is 32.6. The van der Waals surface area contributed by atoms with Gasteiger partial charge < -0.3 is 18.9 Å². The topological polar surface area (TPSA) is 96.8 Å². The van der Waals surface area contributed by atoms with Crippen molar-refractivity contribution in [2.24, 2.45) is 0 Å². The highest BCUT2D eigenvalue weighted by molar-refractivity contribution is 5.87. The SMILES string of the molecule is CCOC(=O)CCCOc1ccc2cc(-c3nc(OCCCC(=O)OCC)cc(-c4ccccc4)n3)ccc2c1. The van der Waals surface area contributed by atoms with Gasteiger partial charge in [0.2, 0.25) is 5.88 Å². The minimum atomic E-state index is -0.235. The molecular formula is C32H34N2O6. The summed E-state index contributed by atoms with van der Waals surface area (Å²) in [6.07, 6.45) is 1.75. The third-order valence-electron chi connectivity index (χ3n) is 6.02. The highest BCUT2D eigenvalue weighted by Gasteiger charge is 2.12. The number of carbonyl (C=O) groups is 2. The van der Waals surface area contributed by atoms with E-state index in [1.807, 2.05) is 72.8 Å². The van der Waals surface area contributed by atoms with Gasteiger partial charge in [-0.3, -0.25) is 9.59 Å². The van der Waals surface area contributed by atoms with Crippen LogP contribution in [0.2, 0.25) is 0 Å². The van der Waals surface area contributed by atoms with Crippen molar-refractivity contribution >= 4 is 22.7 Å². The van der Waals surface area contributed by atoms with Crippen molar-refractivity contribution in [3.05, 3.63) is 72.8 Å². The van der Waals surface area contributed by atoms with E-state index in [0.29, 0.717) is 63.8 Å². The molecule has 3 aromatic carbocycles. The van der Waals surface area contributed by atoms with E-state index in [0.717, 1.165) is 33.3 Å². The number of nitrogens with zero attached hydrogens (tertiary/aromatic N) is 2. The lowest BCUT2D eigenvalue weighted by atomic mass is 10.1. The van der Waals surface area contributed by atoms with E-state index in [1.54, 1.807) is 13.8 Å². The van der Waals surface area contributed by atoms with Gasteiger partial charge in [-0.25, -0.2) is 4.98 Å². The Morgan fingerprint density at radius 1 is 0.675 bits per heavy atom. The predicted octanol–water partition coefficient (Wildman–Crippen LogP) is 6.41. The van der Waals surface area contributed by atoms with Crippen molar-refractivity contribution in [3.63, 3.8) is 0 Å². The molecule has 0 aliphatic rings. The molecular weight excluding hydrogens is 508 g/mol. The zero-order valence-corrected chi connectivity index (χ0v) is 22.9. The predicted molar refractivity (Wildman–Crippen MR) is 153 cm³/mol. The molecule has 0 saturated heterocycles. The third kappa shape index (κ3) is 8.27. The molecule has 208 valence electrons. The molecule has 1 heterocycles. The van der Waals surface area contributed by atoms with Crippen molar-refractivity contribution in [2.45, 2.75) is 39.5 Å². The number of rotatable bonds is 14. The van der Waals surface area contributed by atoms with Gasteiger partial charge in [-0.15, -0.1) is 0 Å². The number of fused-ring (bicyclic) bond motifs is 1. The van der Waals surface area contributed by atoms with Crippen LogP contribution in [0.1, 0.15) is 39.5 Å². The van der Waals surface area contributed by atoms with Crippen LogP contribution in [0.25, 0.3) is 33.4 Å². The Bertz CT molecular complexity index is 1420. The summed E-state index contributed by atoms with van der Waals surface area (Å²) < 4.78 is 21.7. The molecule has 0 atom stereocenters. The second kappa shape index (κ2) is 14.6. The maximum atomic E-state index is 11.6. The van der Waals surface area contributed by atoms with Crippen LogP contribution in [0, 0.1) is 0 Å². The molecule has 0 fully saturated rings. The van der Waals surface area contributed by atoms with Crippen molar-refractivity contribution in [3.8, 4) is 34.3 Å². The second-order valence-corrected chi connectivity index (χ2v) is 9.02. The maximum Gasteiger partial charge on any atom is 0.305 e. The fraction of sp³-hybridized carbons (Fsp3) is 0.312. The van der Waals surface area contributed by atoms with Crippen LogP contribution in [0.15, 0.2) is 72.8 Å². The Kier molecular flexibility index (Phi) is 10.4. The number of aromatic nitrogens is 2. The molecule has 0 spiro atoms. The summed E-state index contributed by atoms with van der Waals surface area (Å²) in [5, 5.41) is 2.03. The Balaban J connectivity index is 1.50. The highest BCUT2D eigenvalue weighted by atomic mass is 16.5. The van der Waals surface area contributed by atoms with Gasteiger partial charge in [0.15, 0.2) is 5.82 Å². The Labute approximate surface area is 234 Å². The molecule has 0 aliphatic heterocycles. The molecule has 4 aromatic rings. The number of esters is 2. The number of ether oxygens (including phenoxy) is 4. The Morgan fingerprint density at radius 2 is 1.32 bits per heavy atom. The molecule has 1 aromatic heterocycles. The van der Waals surface area contributed by atoms with Crippen molar-refractivity contribution < 1.29 is 28.5 Å². The van der Waals surface area contributed by atoms with Crippen molar-refractivity contribution in [1.29, 1.82) is 0 Å². The van der Waals surface area contributed by atoms with Gasteiger partial charge in [0, 0.05) is 30.0 Å². The van der Waals surface area contributed by atoms with Gasteiger partial charge in [-0.1, -0.05) is 48.5 Å². The quantitative estimate of drug-likeness (QED) is 0.133. The standard InChI is InChI=1S/C32H34N2O6/c1-3-37-30(35)12-8-18-39-27-17-16-24-20-26(15-14-25(24)21-27)32-33-28(23-10-6-5-7-11-23)22-29(34-32)40-19-9-13-31(36)38-4-2/h5-7,10-11,14-17,20-22H,3-4,8-9,12-13,18-19H2,1-2H3. The largest absolute Gasteiger partial charge is 0.494 e. The van der Waals surface area contributed by atoms with Crippen LogP contribution < -0.4 is 9.47 Å². The lowest BCUT2D eigenvalue weighted by molar-refractivity contribution is -0.144. The molecule has 4 rings (SSSR count). The number of carbonyl (C=O) groups excluding carboxylic acids is 2. The first-order chi connectivity index (χ1) is 19.6. The monoisotopic (exact) mass is 542 g/mol. The van der Waals surface area contributed by atoms with Crippen LogP contribution in [0.5, 0.6) is 11.6 Å². The molecule has 0 aliphatic carbocycles. The van der Waals surface area contributed by atoms with Crippen molar-refractivity contribution in [2.75, 3.05) is 26.4 Å². The highest BCUT2D eigenvalue weighted by Crippen LogP contribution is 2.29. The van der Waals surface area contributed by atoms with E-state index in [-0.39, 0.29) is 11.9 Å². The first-order valence-electron chi connectivity index (χ1n) is 13.6. The molecule has 40 heavy (non-hydrogen) atoms. The summed E-state index contributed by atoms with van der Waals surface area (Å²) in [6, 6.07) is 23.6. The fourth-order valence-electron chi connectivity index (χ4n) is 4.10. The van der Waals surface area contributed by atoms with Gasteiger partial charge in [0.05, 0.1) is 32.1 Å². The van der Waals surface area contributed by atoms with E-state index < -0.39 is 0 Å². The lowest BCUT2D eigenvalue weighted by Gasteiger charge is -2.11. The fourth-order valence-corrected chi connectivity index (χ4v) is 4.10. The van der Waals surface area contributed by atoms with Gasteiger partial charge in [0.1, 0.15) is 5.75 Å². The van der Waals surface area contributed by atoms with E-state index in [4.69, 9.17) is 23.9 Å². The van der Waals surface area contributed by atoms with Gasteiger partial charge in [0.25, 0.3) is 0 Å². The van der Waals surface area contributed by atoms with Crippen LogP contribution in [-0.4, -0.2) is 48.3 Å². The smallest absolute Gasteiger partial charge is 0.305 e. The van der Waals surface area contributed by atoms with Crippen LogP contribution in [0.4, 0.5) is 0 Å².